The van der Waals surface area contributed by atoms with Crippen molar-refractivity contribution in [2.45, 2.75) is 48.2 Å². The molecule has 0 amide bonds. The lowest BCUT2D eigenvalue weighted by molar-refractivity contribution is -0.0466. The second-order valence-corrected chi connectivity index (χ2v) is 12.1. The molecule has 13 nitrogen and oxygen atoms in total. The molecule has 0 radical (unpaired) electrons. The van der Waals surface area contributed by atoms with Crippen LogP contribution in [0, 0.1) is 13.8 Å². The highest BCUT2D eigenvalue weighted by Crippen LogP contribution is 2.38. The van der Waals surface area contributed by atoms with E-state index in [1.807, 2.05) is 0 Å². The van der Waals surface area contributed by atoms with Crippen LogP contribution in [-0.2, 0) is 33.3 Å². The van der Waals surface area contributed by atoms with Crippen LogP contribution in [0.5, 0.6) is 0 Å². The number of nitrogen functional groups attached to an aromatic ring is 1. The Morgan fingerprint density at radius 3 is 1.95 bits per heavy atom. The molecule has 1 aliphatic heterocycles. The van der Waals surface area contributed by atoms with E-state index in [2.05, 4.69) is 15.0 Å². The number of benzene rings is 2. The Morgan fingerprint density at radius 2 is 1.41 bits per heavy atom. The van der Waals surface area contributed by atoms with Gasteiger partial charge < -0.3 is 15.6 Å². The smallest absolute Gasteiger partial charge is 0.297 e. The van der Waals surface area contributed by atoms with Crippen molar-refractivity contribution in [3.05, 3.63) is 72.3 Å². The average molecular weight is 576 g/mol. The number of nitrogens with two attached hydrogens (primary N) is 1. The molecule has 3 N–H and O–H groups in total. The fraction of sp³-hybridized carbons (Fsp3) is 0.292. The van der Waals surface area contributed by atoms with Crippen LogP contribution >= 0.6 is 0 Å². The standard InChI is InChI=1S/C24H25N5O8S2/c1-14-3-7-16(8-4-14)38(31,32)36-20-18(11-30)35-24(29-13-28-19-22(25)26-12-27-23(19)29)21(20)37-39(33,34)17-9-5-15(2)6-10-17/h3-10,12-13,18,20-21,24,30H,11H2,1-2H3,(H2,25,26,27)/t18-,20-,21-,24-/m1/s1. The number of hydrogen-bond donors (Lipinski definition) is 2. The molecule has 5 rings (SSSR count). The fourth-order valence-electron chi connectivity index (χ4n) is 4.17. The lowest BCUT2D eigenvalue weighted by Crippen LogP contribution is -2.40. The first-order chi connectivity index (χ1) is 18.5. The minimum Gasteiger partial charge on any atom is -0.394 e. The van der Waals surface area contributed by atoms with E-state index in [0.29, 0.717) is 0 Å². The summed E-state index contributed by atoms with van der Waals surface area (Å²) >= 11 is 0. The maximum absolute atomic E-state index is 13.3. The number of fused-ring (bicyclic) bond motifs is 1. The SMILES string of the molecule is Cc1ccc(S(=O)(=O)O[C@@H]2[C@H](OS(=O)(=O)c3ccc(C)cc3)[C@@H](CO)O[C@H]2n2cnc3c(N)ncnc32)cc1. The highest BCUT2D eigenvalue weighted by atomic mass is 32.2. The molecule has 0 bridgehead atoms. The monoisotopic (exact) mass is 575 g/mol. The molecular formula is C24H25N5O8S2. The first-order valence-electron chi connectivity index (χ1n) is 11.7. The summed E-state index contributed by atoms with van der Waals surface area (Å²) in [6.45, 7) is 2.88. The summed E-state index contributed by atoms with van der Waals surface area (Å²) in [5.41, 5.74) is 7.92. The fourth-order valence-corrected chi connectivity index (χ4v) is 6.35. The van der Waals surface area contributed by atoms with Gasteiger partial charge >= 0.3 is 0 Å². The molecule has 15 heteroatoms. The summed E-state index contributed by atoms with van der Waals surface area (Å²) in [5.74, 6) is 0.0648. The van der Waals surface area contributed by atoms with Crippen LogP contribution in [0.25, 0.3) is 11.2 Å². The Hall–Kier alpha value is -3.47. The molecule has 2 aromatic heterocycles. The van der Waals surface area contributed by atoms with E-state index in [0.717, 1.165) is 11.1 Å². The number of aliphatic hydroxyl groups is 1. The van der Waals surface area contributed by atoms with Crippen molar-refractivity contribution in [1.82, 2.24) is 19.5 Å². The topological polar surface area (TPSA) is 186 Å². The van der Waals surface area contributed by atoms with Crippen molar-refractivity contribution < 1.29 is 35.0 Å². The normalized spacial score (nSPS) is 21.9. The molecular weight excluding hydrogens is 550 g/mol. The number of rotatable bonds is 8. The van der Waals surface area contributed by atoms with Crippen LogP contribution in [0.4, 0.5) is 5.82 Å². The highest BCUT2D eigenvalue weighted by molar-refractivity contribution is 7.87. The van der Waals surface area contributed by atoms with Crippen molar-refractivity contribution in [2.24, 2.45) is 0 Å². The number of imidazole rings is 1. The lowest BCUT2D eigenvalue weighted by atomic mass is 10.1. The first-order valence-corrected chi connectivity index (χ1v) is 14.5. The molecule has 1 fully saturated rings. The number of aliphatic hydroxyl groups excluding tert-OH is 1. The summed E-state index contributed by atoms with van der Waals surface area (Å²) in [6.07, 6.45) is -3.35. The predicted molar refractivity (Wildman–Crippen MR) is 137 cm³/mol. The first kappa shape index (κ1) is 27.1. The summed E-state index contributed by atoms with van der Waals surface area (Å²) in [4.78, 5) is 11.9. The number of ether oxygens (including phenoxy) is 1. The Balaban J connectivity index is 1.59. The molecule has 0 spiro atoms. The quantitative estimate of drug-likeness (QED) is 0.289. The van der Waals surface area contributed by atoms with Gasteiger partial charge in [0.05, 0.1) is 22.7 Å². The number of anilines is 1. The van der Waals surface area contributed by atoms with Crippen molar-refractivity contribution in [1.29, 1.82) is 0 Å². The third kappa shape index (κ3) is 5.24. The zero-order chi connectivity index (χ0) is 27.9. The minimum atomic E-state index is -4.46. The molecule has 4 atom stereocenters. The van der Waals surface area contributed by atoms with E-state index >= 15 is 0 Å². The summed E-state index contributed by atoms with van der Waals surface area (Å²) in [7, 11) is -8.90. The van der Waals surface area contributed by atoms with E-state index in [1.165, 1.54) is 41.5 Å². The van der Waals surface area contributed by atoms with E-state index in [1.54, 1.807) is 38.1 Å². The molecule has 1 aliphatic rings. The number of nitrogens with zero attached hydrogens (tertiary/aromatic N) is 4. The average Bonchev–Trinajstić information content (AvgIpc) is 3.46. The van der Waals surface area contributed by atoms with Crippen molar-refractivity contribution in [3.8, 4) is 0 Å². The van der Waals surface area contributed by atoms with E-state index in [-0.39, 0.29) is 26.8 Å². The van der Waals surface area contributed by atoms with Crippen LogP contribution in [0.15, 0.2) is 71.0 Å². The van der Waals surface area contributed by atoms with Gasteiger partial charge in [-0.25, -0.2) is 15.0 Å². The molecule has 206 valence electrons. The zero-order valence-corrected chi connectivity index (χ0v) is 22.4. The molecule has 2 aromatic carbocycles. The Bertz CT molecular complexity index is 1710. The Labute approximate surface area is 224 Å². The van der Waals surface area contributed by atoms with Gasteiger partial charge in [0.2, 0.25) is 0 Å². The van der Waals surface area contributed by atoms with Gasteiger partial charge in [-0.3, -0.25) is 12.9 Å². The van der Waals surface area contributed by atoms with Gasteiger partial charge in [0.15, 0.2) is 23.8 Å². The Kier molecular flexibility index (Phi) is 7.13. The predicted octanol–water partition coefficient (Wildman–Crippen LogP) is 1.46. The molecule has 39 heavy (non-hydrogen) atoms. The minimum absolute atomic E-state index is 0.0648. The Morgan fingerprint density at radius 1 is 0.872 bits per heavy atom. The van der Waals surface area contributed by atoms with Gasteiger partial charge in [-0.1, -0.05) is 35.4 Å². The van der Waals surface area contributed by atoms with Crippen LogP contribution in [0.3, 0.4) is 0 Å². The van der Waals surface area contributed by atoms with Crippen molar-refractivity contribution in [2.75, 3.05) is 12.3 Å². The molecule has 0 unspecified atom stereocenters. The molecule has 4 aromatic rings. The number of hydrogen-bond acceptors (Lipinski definition) is 12. The van der Waals surface area contributed by atoms with Crippen molar-refractivity contribution >= 4 is 37.2 Å². The van der Waals surface area contributed by atoms with Gasteiger partial charge in [-0.05, 0) is 38.1 Å². The second kappa shape index (κ2) is 10.3. The zero-order valence-electron chi connectivity index (χ0n) is 20.8. The second-order valence-electron chi connectivity index (χ2n) is 8.99. The van der Waals surface area contributed by atoms with Gasteiger partial charge in [-0.2, -0.15) is 16.8 Å². The van der Waals surface area contributed by atoms with E-state index in [9.17, 15) is 21.9 Å². The third-order valence-electron chi connectivity index (χ3n) is 6.22. The third-order valence-corrected chi connectivity index (χ3v) is 8.87. The van der Waals surface area contributed by atoms with Crippen molar-refractivity contribution in [3.63, 3.8) is 0 Å². The maximum Gasteiger partial charge on any atom is 0.297 e. The number of aryl methyl sites for hydroxylation is 2. The lowest BCUT2D eigenvalue weighted by Gasteiger charge is -2.24. The van der Waals surface area contributed by atoms with E-state index < -0.39 is 51.4 Å². The maximum atomic E-state index is 13.3. The van der Waals surface area contributed by atoms with Gasteiger partial charge in [0.25, 0.3) is 20.2 Å². The summed E-state index contributed by atoms with van der Waals surface area (Å²) in [6, 6.07) is 11.8. The van der Waals surface area contributed by atoms with Gasteiger partial charge in [-0.15, -0.1) is 0 Å². The van der Waals surface area contributed by atoms with Crippen LogP contribution in [0.2, 0.25) is 0 Å². The molecule has 3 heterocycles. The molecule has 0 aliphatic carbocycles. The largest absolute Gasteiger partial charge is 0.394 e. The van der Waals surface area contributed by atoms with Crippen LogP contribution in [-0.4, -0.2) is 66.4 Å². The van der Waals surface area contributed by atoms with Gasteiger partial charge in [0.1, 0.15) is 24.1 Å². The molecule has 1 saturated heterocycles. The highest BCUT2D eigenvalue weighted by Gasteiger charge is 2.52. The van der Waals surface area contributed by atoms with Crippen LogP contribution < -0.4 is 5.73 Å². The van der Waals surface area contributed by atoms with Gasteiger partial charge in [0, 0.05) is 0 Å². The van der Waals surface area contributed by atoms with E-state index in [4.69, 9.17) is 18.8 Å². The van der Waals surface area contributed by atoms with Crippen LogP contribution in [0.1, 0.15) is 17.4 Å². The molecule has 0 saturated carbocycles. The summed E-state index contributed by atoms with van der Waals surface area (Å²) in [5, 5.41) is 10.1. The number of aromatic nitrogens is 4. The summed E-state index contributed by atoms with van der Waals surface area (Å²) < 4.78 is 71.4.